The van der Waals surface area contributed by atoms with Gasteiger partial charge in [0, 0.05) is 19.6 Å². The Hall–Kier alpha value is -1.22. The van der Waals surface area contributed by atoms with E-state index in [1.165, 1.54) is 11.3 Å². The van der Waals surface area contributed by atoms with Crippen molar-refractivity contribution in [2.45, 2.75) is 19.8 Å². The molecule has 1 aliphatic heterocycles. The number of hydrogen-bond donors (Lipinski definition) is 1. The minimum atomic E-state index is -3.01. The van der Waals surface area contributed by atoms with Crippen LogP contribution < -0.4 is 5.32 Å². The Morgan fingerprint density at radius 3 is 2.90 bits per heavy atom. The first kappa shape index (κ1) is 15.2. The van der Waals surface area contributed by atoms with E-state index in [0.717, 1.165) is 13.0 Å². The third-order valence-corrected chi connectivity index (χ3v) is 5.56. The van der Waals surface area contributed by atoms with E-state index in [4.69, 9.17) is 0 Å². The zero-order valence-electron chi connectivity index (χ0n) is 11.3. The first-order valence-corrected chi connectivity index (χ1v) is 9.22. The van der Waals surface area contributed by atoms with Crippen molar-refractivity contribution in [3.63, 3.8) is 0 Å². The Morgan fingerprint density at radius 2 is 2.15 bits per heavy atom. The van der Waals surface area contributed by atoms with Crippen molar-refractivity contribution < 1.29 is 13.2 Å². The summed E-state index contributed by atoms with van der Waals surface area (Å²) in [6, 6.07) is 0. The molecule has 112 valence electrons. The summed E-state index contributed by atoms with van der Waals surface area (Å²) in [7, 11) is -3.01. The van der Waals surface area contributed by atoms with Crippen molar-refractivity contribution in [1.82, 2.24) is 15.1 Å². The van der Waals surface area contributed by atoms with Gasteiger partial charge in [0.1, 0.15) is 0 Å². The van der Waals surface area contributed by atoms with Crippen LogP contribution in [0.4, 0.5) is 5.13 Å². The summed E-state index contributed by atoms with van der Waals surface area (Å²) in [4.78, 5) is 13.8. The van der Waals surface area contributed by atoms with E-state index in [1.54, 1.807) is 4.90 Å². The molecule has 1 amide bonds. The molecule has 2 heterocycles. The minimum absolute atomic E-state index is 0.0263. The highest BCUT2D eigenvalue weighted by Gasteiger charge is 2.25. The van der Waals surface area contributed by atoms with Gasteiger partial charge in [0.2, 0.25) is 10.1 Å². The van der Waals surface area contributed by atoms with Crippen molar-refractivity contribution in [1.29, 1.82) is 0 Å². The first-order chi connectivity index (χ1) is 9.52. The number of sulfone groups is 1. The number of nitrogens with zero attached hydrogens (tertiary/aromatic N) is 3. The maximum absolute atomic E-state index is 12.3. The van der Waals surface area contributed by atoms with Crippen LogP contribution in [0.1, 0.15) is 29.6 Å². The molecule has 7 nitrogen and oxygen atoms in total. The van der Waals surface area contributed by atoms with Gasteiger partial charge in [-0.25, -0.2) is 8.42 Å². The van der Waals surface area contributed by atoms with E-state index < -0.39 is 9.84 Å². The lowest BCUT2D eigenvalue weighted by Crippen LogP contribution is -2.33. The highest BCUT2D eigenvalue weighted by atomic mass is 32.2. The second-order valence-electron chi connectivity index (χ2n) is 4.64. The Morgan fingerprint density at radius 1 is 1.35 bits per heavy atom. The molecule has 1 fully saturated rings. The second kappa shape index (κ2) is 6.49. The van der Waals surface area contributed by atoms with Crippen molar-refractivity contribution in [3.8, 4) is 0 Å². The number of nitrogens with one attached hydrogen (secondary N) is 1. The van der Waals surface area contributed by atoms with Crippen LogP contribution >= 0.6 is 11.3 Å². The summed E-state index contributed by atoms with van der Waals surface area (Å²) in [5.41, 5.74) is 0. The van der Waals surface area contributed by atoms with Crippen molar-refractivity contribution >= 4 is 32.2 Å². The number of amides is 1. The van der Waals surface area contributed by atoms with E-state index in [1.807, 2.05) is 6.92 Å². The van der Waals surface area contributed by atoms with Crippen LogP contribution in [-0.2, 0) is 9.84 Å². The molecule has 0 atom stereocenters. The monoisotopic (exact) mass is 318 g/mol. The van der Waals surface area contributed by atoms with E-state index in [2.05, 4.69) is 15.5 Å². The number of rotatable bonds is 4. The Kier molecular flexibility index (Phi) is 4.92. The molecule has 1 aromatic rings. The molecule has 0 bridgehead atoms. The van der Waals surface area contributed by atoms with Crippen LogP contribution in [0.3, 0.4) is 0 Å². The molecule has 1 N–H and O–H groups in total. The summed E-state index contributed by atoms with van der Waals surface area (Å²) < 4.78 is 23.0. The zero-order chi connectivity index (χ0) is 14.6. The zero-order valence-corrected chi connectivity index (χ0v) is 13.0. The molecule has 0 spiro atoms. The summed E-state index contributed by atoms with van der Waals surface area (Å²) in [6.45, 7) is 3.51. The van der Waals surface area contributed by atoms with Gasteiger partial charge >= 0.3 is 0 Å². The lowest BCUT2D eigenvalue weighted by Gasteiger charge is -2.17. The SMILES string of the molecule is CCCNc1nnc(C(=O)N2CCCS(=O)(=O)CC2)s1. The van der Waals surface area contributed by atoms with E-state index in [-0.39, 0.29) is 24.0 Å². The van der Waals surface area contributed by atoms with Gasteiger partial charge in [0.25, 0.3) is 5.91 Å². The van der Waals surface area contributed by atoms with Gasteiger partial charge in [0.05, 0.1) is 11.5 Å². The predicted octanol–water partition coefficient (Wildman–Crippen LogP) is 0.621. The highest BCUT2D eigenvalue weighted by Crippen LogP contribution is 2.18. The van der Waals surface area contributed by atoms with E-state index in [0.29, 0.717) is 23.1 Å². The van der Waals surface area contributed by atoms with Crippen LogP contribution in [0.5, 0.6) is 0 Å². The summed E-state index contributed by atoms with van der Waals surface area (Å²) in [6.07, 6.45) is 1.45. The van der Waals surface area contributed by atoms with Gasteiger partial charge in [-0.15, -0.1) is 10.2 Å². The molecule has 0 aliphatic carbocycles. The molecule has 1 saturated heterocycles. The van der Waals surface area contributed by atoms with Gasteiger partial charge in [0.15, 0.2) is 9.84 Å². The Bertz CT molecular complexity index is 570. The van der Waals surface area contributed by atoms with Crippen molar-refractivity contribution in [2.24, 2.45) is 0 Å². The molecule has 1 aromatic heterocycles. The second-order valence-corrected chi connectivity index (χ2v) is 7.92. The maximum Gasteiger partial charge on any atom is 0.284 e. The van der Waals surface area contributed by atoms with Gasteiger partial charge in [-0.3, -0.25) is 4.79 Å². The number of aromatic nitrogens is 2. The van der Waals surface area contributed by atoms with Crippen LogP contribution in [0.25, 0.3) is 0 Å². The molecular formula is C11H18N4O3S2. The normalized spacial score (nSPS) is 18.6. The number of hydrogen-bond acceptors (Lipinski definition) is 7. The lowest BCUT2D eigenvalue weighted by atomic mass is 10.4. The third kappa shape index (κ3) is 3.89. The lowest BCUT2D eigenvalue weighted by molar-refractivity contribution is 0.0767. The number of carbonyl (C=O) groups is 1. The molecule has 9 heteroatoms. The quantitative estimate of drug-likeness (QED) is 0.875. The smallest absolute Gasteiger partial charge is 0.284 e. The Balaban J connectivity index is 2.01. The standard InChI is InChI=1S/C11H18N4O3S2/c1-2-4-12-11-14-13-9(19-11)10(16)15-5-3-7-20(17,18)8-6-15/h2-8H2,1H3,(H,12,14). The fourth-order valence-electron chi connectivity index (χ4n) is 1.89. The van der Waals surface area contributed by atoms with E-state index in [9.17, 15) is 13.2 Å². The van der Waals surface area contributed by atoms with Crippen LogP contribution in [-0.4, -0.2) is 60.6 Å². The molecule has 20 heavy (non-hydrogen) atoms. The van der Waals surface area contributed by atoms with Gasteiger partial charge in [-0.2, -0.15) is 0 Å². The molecular weight excluding hydrogens is 300 g/mol. The Labute approximate surface area is 122 Å². The summed E-state index contributed by atoms with van der Waals surface area (Å²) in [5.74, 6) is -0.0570. The van der Waals surface area contributed by atoms with Gasteiger partial charge in [-0.1, -0.05) is 18.3 Å². The summed E-state index contributed by atoms with van der Waals surface area (Å²) in [5, 5.41) is 11.8. The average molecular weight is 318 g/mol. The molecule has 1 aliphatic rings. The van der Waals surface area contributed by atoms with Crippen LogP contribution in [0.15, 0.2) is 0 Å². The summed E-state index contributed by atoms with van der Waals surface area (Å²) >= 11 is 1.21. The molecule has 0 saturated carbocycles. The largest absolute Gasteiger partial charge is 0.360 e. The van der Waals surface area contributed by atoms with Gasteiger partial charge in [-0.05, 0) is 12.8 Å². The van der Waals surface area contributed by atoms with Crippen LogP contribution in [0, 0.1) is 0 Å². The molecule has 2 rings (SSSR count). The van der Waals surface area contributed by atoms with Crippen molar-refractivity contribution in [3.05, 3.63) is 5.01 Å². The highest BCUT2D eigenvalue weighted by molar-refractivity contribution is 7.91. The number of carbonyl (C=O) groups excluding carboxylic acids is 1. The molecule has 0 radical (unpaired) electrons. The minimum Gasteiger partial charge on any atom is -0.360 e. The molecule has 0 unspecified atom stereocenters. The predicted molar refractivity (Wildman–Crippen MR) is 77.9 cm³/mol. The maximum atomic E-state index is 12.3. The van der Waals surface area contributed by atoms with Crippen molar-refractivity contribution in [2.75, 3.05) is 36.5 Å². The fourth-order valence-corrected chi connectivity index (χ4v) is 3.90. The third-order valence-electron chi connectivity index (χ3n) is 2.98. The van der Waals surface area contributed by atoms with Crippen LogP contribution in [0.2, 0.25) is 0 Å². The fraction of sp³-hybridized carbons (Fsp3) is 0.727. The van der Waals surface area contributed by atoms with E-state index >= 15 is 0 Å². The van der Waals surface area contributed by atoms with Gasteiger partial charge < -0.3 is 10.2 Å². The number of anilines is 1. The topological polar surface area (TPSA) is 92.3 Å². The molecule has 0 aromatic carbocycles. The average Bonchev–Trinajstić information content (AvgIpc) is 2.80. The first-order valence-electron chi connectivity index (χ1n) is 6.59.